The number of aldehydes is 1. The highest BCUT2D eigenvalue weighted by Gasteiger charge is 2.65. The van der Waals surface area contributed by atoms with Crippen molar-refractivity contribution in [2.24, 2.45) is 22.9 Å². The van der Waals surface area contributed by atoms with E-state index in [1.807, 2.05) is 23.1 Å². The summed E-state index contributed by atoms with van der Waals surface area (Å²) in [6, 6.07) is 16.4. The molecule has 0 radical (unpaired) electrons. The average molecular weight is 980 g/mol. The second-order valence-corrected chi connectivity index (χ2v) is 19.3. The first kappa shape index (κ1) is 54.8. The summed E-state index contributed by atoms with van der Waals surface area (Å²) in [5, 5.41) is 36.4. The van der Waals surface area contributed by atoms with Crippen LogP contribution in [-0.4, -0.2) is 83.2 Å². The number of fused-ring (bicyclic) bond motifs is 2. The molecule has 3 aliphatic rings. The molecule has 6 rings (SSSR count). The van der Waals surface area contributed by atoms with E-state index in [0.29, 0.717) is 72.1 Å². The lowest BCUT2D eigenvalue weighted by Crippen LogP contribution is -2.70. The van der Waals surface area contributed by atoms with Gasteiger partial charge in [0.15, 0.2) is 6.29 Å². The van der Waals surface area contributed by atoms with Crippen molar-refractivity contribution in [2.75, 3.05) is 33.5 Å². The van der Waals surface area contributed by atoms with Gasteiger partial charge in [-0.05, 0) is 110 Å². The number of hydrogen-bond acceptors (Lipinski definition) is 12. The molecular weight excluding hydrogens is 903 g/mol. The SMILES string of the molecule is C=CCOC12Oc3ccc(Oc4ccc(OC)c(C=O)c4)cc3C3C(CCCCO)C(CCCCO)C=C(C(=NOCc4ccc([N+](=O)[O-])cc4)CC1N(CCC)C(=O)CCCCCCCCCCC)C32. The van der Waals surface area contributed by atoms with Crippen molar-refractivity contribution < 1.29 is 48.5 Å². The molecule has 2 N–H and O–H groups in total. The van der Waals surface area contributed by atoms with E-state index in [4.69, 9.17) is 28.9 Å². The number of aliphatic hydroxyl groups is 2. The predicted octanol–water partition coefficient (Wildman–Crippen LogP) is 12.2. The van der Waals surface area contributed by atoms with Gasteiger partial charge in [0.25, 0.3) is 5.69 Å². The minimum atomic E-state index is -1.40. The van der Waals surface area contributed by atoms with E-state index in [1.165, 1.54) is 51.3 Å². The molecule has 14 heteroatoms. The van der Waals surface area contributed by atoms with Gasteiger partial charge in [-0.3, -0.25) is 19.7 Å². The van der Waals surface area contributed by atoms with Gasteiger partial charge < -0.3 is 38.9 Å². The zero-order valence-electron chi connectivity index (χ0n) is 42.3. The molecule has 0 saturated heterocycles. The monoisotopic (exact) mass is 980 g/mol. The third-order valence-corrected chi connectivity index (χ3v) is 14.4. The Morgan fingerprint density at radius 3 is 2.25 bits per heavy atom. The molecule has 1 fully saturated rings. The number of rotatable bonds is 32. The molecule has 3 aromatic rings. The van der Waals surface area contributed by atoms with E-state index in [0.717, 1.165) is 68.8 Å². The van der Waals surface area contributed by atoms with Crippen molar-refractivity contribution in [3.63, 3.8) is 0 Å². The van der Waals surface area contributed by atoms with Crippen LogP contribution in [0, 0.1) is 27.9 Å². The van der Waals surface area contributed by atoms with Crippen LogP contribution in [0.15, 0.2) is 90.1 Å². The molecule has 0 spiro atoms. The number of oxime groups is 1. The molecule has 2 aliphatic carbocycles. The lowest BCUT2D eigenvalue weighted by molar-refractivity contribution is -0.384. The smallest absolute Gasteiger partial charge is 0.269 e. The zero-order chi connectivity index (χ0) is 50.6. The molecule has 6 unspecified atom stereocenters. The van der Waals surface area contributed by atoms with Crippen molar-refractivity contribution in [3.05, 3.63) is 112 Å². The second kappa shape index (κ2) is 27.9. The molecule has 386 valence electrons. The number of nitro groups is 1. The van der Waals surface area contributed by atoms with Crippen LogP contribution >= 0.6 is 0 Å². The van der Waals surface area contributed by atoms with Crippen LogP contribution in [0.25, 0.3) is 0 Å². The average Bonchev–Trinajstić information content (AvgIpc) is 3.38. The van der Waals surface area contributed by atoms with E-state index in [1.54, 1.807) is 36.4 Å². The van der Waals surface area contributed by atoms with Crippen LogP contribution < -0.4 is 14.2 Å². The Kier molecular flexibility index (Phi) is 21.5. The van der Waals surface area contributed by atoms with E-state index < -0.39 is 22.7 Å². The first-order valence-corrected chi connectivity index (χ1v) is 26.2. The van der Waals surface area contributed by atoms with Crippen LogP contribution in [0.3, 0.4) is 0 Å². The summed E-state index contributed by atoms with van der Waals surface area (Å²) in [4.78, 5) is 46.1. The van der Waals surface area contributed by atoms with Crippen LogP contribution in [-0.2, 0) is 21.0 Å². The lowest BCUT2D eigenvalue weighted by atomic mass is 9.55. The third kappa shape index (κ3) is 13.9. The molecular formula is C57H77N3O11. The summed E-state index contributed by atoms with van der Waals surface area (Å²) < 4.78 is 26.5. The Hall–Kier alpha value is -5.57. The Bertz CT molecular complexity index is 2260. The maximum absolute atomic E-state index is 14.9. The number of amides is 1. The van der Waals surface area contributed by atoms with Crippen molar-refractivity contribution >= 4 is 23.6 Å². The van der Waals surface area contributed by atoms with Gasteiger partial charge in [-0.1, -0.05) is 95.4 Å². The fourth-order valence-electron chi connectivity index (χ4n) is 11.0. The second-order valence-electron chi connectivity index (χ2n) is 19.3. The number of carbonyl (C=O) groups is 2. The van der Waals surface area contributed by atoms with Gasteiger partial charge in [0.1, 0.15) is 35.6 Å². The van der Waals surface area contributed by atoms with Crippen LogP contribution in [0.1, 0.15) is 157 Å². The number of hydrogen-bond donors (Lipinski definition) is 2. The number of allylic oxidation sites excluding steroid dienone is 1. The van der Waals surface area contributed by atoms with Crippen molar-refractivity contribution in [1.29, 1.82) is 0 Å². The van der Waals surface area contributed by atoms with Gasteiger partial charge >= 0.3 is 0 Å². The molecule has 1 saturated carbocycles. The number of ether oxygens (including phenoxy) is 4. The van der Waals surface area contributed by atoms with Crippen LogP contribution in [0.4, 0.5) is 5.69 Å². The van der Waals surface area contributed by atoms with Crippen molar-refractivity contribution in [1.82, 2.24) is 4.90 Å². The van der Waals surface area contributed by atoms with Gasteiger partial charge in [-0.25, -0.2) is 0 Å². The molecule has 0 bridgehead atoms. The number of aliphatic hydroxyl groups excluding tert-OH is 2. The minimum absolute atomic E-state index is 0.000390. The highest BCUT2D eigenvalue weighted by Crippen LogP contribution is 2.62. The molecule has 0 aromatic heterocycles. The van der Waals surface area contributed by atoms with E-state index >= 15 is 0 Å². The maximum atomic E-state index is 14.9. The molecule has 1 heterocycles. The summed E-state index contributed by atoms with van der Waals surface area (Å²) in [5.74, 6) is -0.114. The Morgan fingerprint density at radius 1 is 0.901 bits per heavy atom. The Labute approximate surface area is 420 Å². The summed E-state index contributed by atoms with van der Waals surface area (Å²) in [7, 11) is 1.51. The van der Waals surface area contributed by atoms with E-state index in [9.17, 15) is 29.9 Å². The number of benzene rings is 3. The first-order chi connectivity index (χ1) is 34.7. The summed E-state index contributed by atoms with van der Waals surface area (Å²) in [6.07, 6.45) is 20.7. The predicted molar refractivity (Wildman–Crippen MR) is 275 cm³/mol. The number of nitro benzene ring substituents is 1. The van der Waals surface area contributed by atoms with E-state index in [2.05, 4.69) is 26.5 Å². The van der Waals surface area contributed by atoms with Gasteiger partial charge in [-0.2, -0.15) is 0 Å². The first-order valence-electron chi connectivity index (χ1n) is 26.2. The number of non-ortho nitro benzene ring substituents is 1. The fraction of sp³-hybridized carbons (Fsp3) is 0.561. The van der Waals surface area contributed by atoms with Crippen molar-refractivity contribution in [3.8, 4) is 23.0 Å². The Balaban J connectivity index is 1.49. The number of nitrogens with zero attached hydrogens (tertiary/aromatic N) is 3. The van der Waals surface area contributed by atoms with Gasteiger partial charge in [-0.15, -0.1) is 6.58 Å². The Morgan fingerprint density at radius 2 is 1.59 bits per heavy atom. The van der Waals surface area contributed by atoms with Gasteiger partial charge in [0.2, 0.25) is 11.7 Å². The number of methoxy groups -OCH3 is 1. The summed E-state index contributed by atoms with van der Waals surface area (Å²) in [5.41, 5.74) is 3.51. The maximum Gasteiger partial charge on any atom is 0.269 e. The lowest BCUT2D eigenvalue weighted by Gasteiger charge is -2.60. The molecule has 71 heavy (non-hydrogen) atoms. The summed E-state index contributed by atoms with van der Waals surface area (Å²) in [6.45, 7) is 9.17. The molecule has 1 aliphatic heterocycles. The topological polar surface area (TPSA) is 179 Å². The summed E-state index contributed by atoms with van der Waals surface area (Å²) >= 11 is 0. The minimum Gasteiger partial charge on any atom is -0.496 e. The van der Waals surface area contributed by atoms with Crippen molar-refractivity contribution in [2.45, 2.75) is 154 Å². The molecule has 3 aromatic carbocycles. The zero-order valence-corrected chi connectivity index (χ0v) is 42.3. The van der Waals surface area contributed by atoms with Gasteiger partial charge in [0.05, 0.1) is 35.8 Å². The normalized spacial score (nSPS) is 21.6. The van der Waals surface area contributed by atoms with Crippen LogP contribution in [0.5, 0.6) is 23.0 Å². The largest absolute Gasteiger partial charge is 0.496 e. The highest BCUT2D eigenvalue weighted by molar-refractivity contribution is 6.03. The van der Waals surface area contributed by atoms with E-state index in [-0.39, 0.29) is 62.2 Å². The van der Waals surface area contributed by atoms with Gasteiger partial charge in [0, 0.05) is 56.2 Å². The standard InChI is InChI=1S/C57H77N3O11/c1-5-8-9-10-11-12-13-14-15-22-54(64)59(31-6-2)53-38-50(58-69-40-41-23-25-44(26-24-41)60(65)66)48-36-42(20-16-18-32-61)47(21-17-19-33-62)55-49-37-46(70-45-27-29-51(67-4)43(35-45)39-63)28-30-52(49)71-57(53,56(48)55)68-34-7-3/h7,23-30,35-37,39,42,47,53,55-56,61-62H,3,5-6,8-22,31-34,38,40H2,1-2,4H3. The molecule has 1 amide bonds. The number of unbranched alkanes of at least 4 members (excludes halogenated alkanes) is 10. The quantitative estimate of drug-likeness (QED) is 0.0200. The van der Waals surface area contributed by atoms with Crippen LogP contribution in [0.2, 0.25) is 0 Å². The molecule has 6 atom stereocenters. The molecule has 14 nitrogen and oxygen atoms in total. The fourth-order valence-corrected chi connectivity index (χ4v) is 11.0. The third-order valence-electron chi connectivity index (χ3n) is 14.4. The highest BCUT2D eigenvalue weighted by atomic mass is 16.7. The number of carbonyl (C=O) groups excluding carboxylic acids is 2.